The van der Waals surface area contributed by atoms with E-state index in [0.29, 0.717) is 5.13 Å². The Bertz CT molecular complexity index is 524. The Morgan fingerprint density at radius 1 is 1.32 bits per heavy atom. The van der Waals surface area contributed by atoms with Crippen LogP contribution in [0.4, 0.5) is 23.1 Å². The van der Waals surface area contributed by atoms with Gasteiger partial charge in [0.1, 0.15) is 0 Å². The van der Waals surface area contributed by atoms with Crippen LogP contribution in [0.1, 0.15) is 17.5 Å². The summed E-state index contributed by atoms with van der Waals surface area (Å²) in [6, 6.07) is -0.303. The van der Waals surface area contributed by atoms with E-state index in [1.165, 1.54) is 21.1 Å². The number of hydrogen-bond acceptors (Lipinski definition) is 4. The predicted molar refractivity (Wildman–Crippen MR) is 79.3 cm³/mol. The van der Waals surface area contributed by atoms with Crippen LogP contribution in [0.15, 0.2) is 0 Å². The standard InChI is InChI=1S/C13H19F3N4OS/c1-3-10-9(2)22-11(17-10)18-12(21)20-6-4-19(5-7-20)8-13(14,15)16/h3-8H2,1-2H3,(H,17,18,21). The van der Waals surface area contributed by atoms with Crippen molar-refractivity contribution in [2.24, 2.45) is 0 Å². The summed E-state index contributed by atoms with van der Waals surface area (Å²) in [5.74, 6) is 0. The molecular weight excluding hydrogens is 317 g/mol. The minimum absolute atomic E-state index is 0.226. The molecule has 1 aliphatic heterocycles. The second-order valence-corrected chi connectivity index (χ2v) is 6.39. The summed E-state index contributed by atoms with van der Waals surface area (Å²) >= 11 is 1.41. The van der Waals surface area contributed by atoms with Gasteiger partial charge in [-0.1, -0.05) is 6.92 Å². The number of urea groups is 1. The molecule has 5 nitrogen and oxygen atoms in total. The van der Waals surface area contributed by atoms with Crippen LogP contribution in [-0.4, -0.2) is 59.7 Å². The smallest absolute Gasteiger partial charge is 0.322 e. The zero-order valence-corrected chi connectivity index (χ0v) is 13.4. The fourth-order valence-corrected chi connectivity index (χ4v) is 3.23. The van der Waals surface area contributed by atoms with E-state index in [4.69, 9.17) is 0 Å². The van der Waals surface area contributed by atoms with Crippen molar-refractivity contribution in [2.45, 2.75) is 26.4 Å². The number of aryl methyl sites for hydroxylation is 2. The Morgan fingerprint density at radius 3 is 2.45 bits per heavy atom. The van der Waals surface area contributed by atoms with Gasteiger partial charge in [-0.3, -0.25) is 10.2 Å². The monoisotopic (exact) mass is 336 g/mol. The van der Waals surface area contributed by atoms with Crippen molar-refractivity contribution in [3.63, 3.8) is 0 Å². The van der Waals surface area contributed by atoms with E-state index in [2.05, 4.69) is 10.3 Å². The molecule has 1 aromatic heterocycles. The maximum Gasteiger partial charge on any atom is 0.401 e. The van der Waals surface area contributed by atoms with E-state index >= 15 is 0 Å². The molecule has 124 valence electrons. The molecule has 1 N–H and O–H groups in total. The summed E-state index contributed by atoms with van der Waals surface area (Å²) in [5.41, 5.74) is 0.954. The number of thiazole rings is 1. The lowest BCUT2D eigenvalue weighted by Gasteiger charge is -2.34. The number of nitrogens with zero attached hydrogens (tertiary/aromatic N) is 3. The number of hydrogen-bond donors (Lipinski definition) is 1. The van der Waals surface area contributed by atoms with Gasteiger partial charge >= 0.3 is 12.2 Å². The minimum atomic E-state index is -4.20. The van der Waals surface area contributed by atoms with Crippen LogP contribution in [0.2, 0.25) is 0 Å². The third kappa shape index (κ3) is 4.57. The molecule has 1 aliphatic rings. The van der Waals surface area contributed by atoms with Gasteiger partial charge in [0.25, 0.3) is 0 Å². The molecule has 2 amide bonds. The minimum Gasteiger partial charge on any atom is -0.322 e. The van der Waals surface area contributed by atoms with Gasteiger partial charge in [0.05, 0.1) is 12.2 Å². The topological polar surface area (TPSA) is 48.5 Å². The van der Waals surface area contributed by atoms with Crippen LogP contribution in [0.5, 0.6) is 0 Å². The zero-order valence-electron chi connectivity index (χ0n) is 12.5. The van der Waals surface area contributed by atoms with Gasteiger partial charge in [-0.2, -0.15) is 13.2 Å². The lowest BCUT2D eigenvalue weighted by Crippen LogP contribution is -2.51. The van der Waals surface area contributed by atoms with E-state index in [1.54, 1.807) is 0 Å². The molecule has 0 bridgehead atoms. The van der Waals surface area contributed by atoms with Gasteiger partial charge in [-0.15, -0.1) is 11.3 Å². The van der Waals surface area contributed by atoms with Crippen molar-refractivity contribution in [3.8, 4) is 0 Å². The van der Waals surface area contributed by atoms with Crippen molar-refractivity contribution in [3.05, 3.63) is 10.6 Å². The lowest BCUT2D eigenvalue weighted by molar-refractivity contribution is -0.148. The van der Waals surface area contributed by atoms with Crippen molar-refractivity contribution in [1.29, 1.82) is 0 Å². The number of anilines is 1. The average molecular weight is 336 g/mol. The van der Waals surface area contributed by atoms with Gasteiger partial charge < -0.3 is 4.90 Å². The molecular formula is C13H19F3N4OS. The Hall–Kier alpha value is -1.35. The molecule has 0 radical (unpaired) electrons. The molecule has 2 heterocycles. The van der Waals surface area contributed by atoms with Gasteiger partial charge in [0.2, 0.25) is 0 Å². The van der Waals surface area contributed by atoms with Crippen LogP contribution < -0.4 is 5.32 Å². The molecule has 1 fully saturated rings. The molecule has 0 spiro atoms. The van der Waals surface area contributed by atoms with Crippen LogP contribution in [0.25, 0.3) is 0 Å². The summed E-state index contributed by atoms with van der Waals surface area (Å²) in [4.78, 5) is 20.3. The number of carbonyl (C=O) groups is 1. The van der Waals surface area contributed by atoms with Gasteiger partial charge in [-0.25, -0.2) is 9.78 Å². The number of piperazine rings is 1. The number of carbonyl (C=O) groups excluding carboxylic acids is 1. The second-order valence-electron chi connectivity index (χ2n) is 5.18. The Labute approximate surface area is 131 Å². The van der Waals surface area contributed by atoms with E-state index in [-0.39, 0.29) is 32.2 Å². The first kappa shape index (κ1) is 17.0. The van der Waals surface area contributed by atoms with Crippen LogP contribution >= 0.6 is 11.3 Å². The summed E-state index contributed by atoms with van der Waals surface area (Å²) in [5, 5.41) is 3.26. The summed E-state index contributed by atoms with van der Waals surface area (Å²) in [7, 11) is 0. The number of aromatic nitrogens is 1. The average Bonchev–Trinajstić information content (AvgIpc) is 2.77. The Balaban J connectivity index is 1.84. The second kappa shape index (κ2) is 6.82. The van der Waals surface area contributed by atoms with Gasteiger partial charge in [0, 0.05) is 31.1 Å². The van der Waals surface area contributed by atoms with E-state index in [9.17, 15) is 18.0 Å². The molecule has 0 saturated carbocycles. The van der Waals surface area contributed by atoms with Gasteiger partial charge in [-0.05, 0) is 13.3 Å². The highest BCUT2D eigenvalue weighted by Gasteiger charge is 2.32. The Morgan fingerprint density at radius 2 is 1.95 bits per heavy atom. The molecule has 2 rings (SSSR count). The van der Waals surface area contributed by atoms with Crippen molar-refractivity contribution < 1.29 is 18.0 Å². The zero-order chi connectivity index (χ0) is 16.3. The van der Waals surface area contributed by atoms with Crippen molar-refractivity contribution in [2.75, 3.05) is 38.0 Å². The molecule has 0 unspecified atom stereocenters. The summed E-state index contributed by atoms with van der Waals surface area (Å²) in [6.45, 7) is 4.04. The predicted octanol–water partition coefficient (Wildman–Crippen LogP) is 2.73. The normalized spacial score (nSPS) is 16.9. The number of halogens is 3. The highest BCUT2D eigenvalue weighted by atomic mass is 32.1. The Kier molecular flexibility index (Phi) is 5.28. The molecule has 22 heavy (non-hydrogen) atoms. The largest absolute Gasteiger partial charge is 0.401 e. The first-order valence-corrected chi connectivity index (χ1v) is 7.91. The third-order valence-corrected chi connectivity index (χ3v) is 4.43. The number of rotatable bonds is 3. The SMILES string of the molecule is CCc1nc(NC(=O)N2CCN(CC(F)(F)F)CC2)sc1C. The van der Waals surface area contributed by atoms with Gasteiger partial charge in [0.15, 0.2) is 5.13 Å². The van der Waals surface area contributed by atoms with E-state index in [1.807, 2.05) is 13.8 Å². The summed E-state index contributed by atoms with van der Waals surface area (Å²) < 4.78 is 36.9. The fraction of sp³-hybridized carbons (Fsp3) is 0.692. The highest BCUT2D eigenvalue weighted by molar-refractivity contribution is 7.15. The van der Waals surface area contributed by atoms with E-state index in [0.717, 1.165) is 17.0 Å². The molecule has 0 atom stereocenters. The maximum atomic E-state index is 12.3. The molecule has 0 aromatic carbocycles. The summed E-state index contributed by atoms with van der Waals surface area (Å²) in [6.07, 6.45) is -3.40. The van der Waals surface area contributed by atoms with Crippen LogP contribution in [0.3, 0.4) is 0 Å². The number of alkyl halides is 3. The van der Waals surface area contributed by atoms with E-state index < -0.39 is 12.7 Å². The van der Waals surface area contributed by atoms with Crippen LogP contribution in [-0.2, 0) is 6.42 Å². The van der Waals surface area contributed by atoms with Crippen molar-refractivity contribution >= 4 is 22.5 Å². The quantitative estimate of drug-likeness (QED) is 0.923. The number of nitrogens with one attached hydrogen (secondary N) is 1. The first-order valence-electron chi connectivity index (χ1n) is 7.10. The maximum absolute atomic E-state index is 12.3. The molecule has 9 heteroatoms. The lowest BCUT2D eigenvalue weighted by atomic mass is 10.3. The molecule has 1 aromatic rings. The number of amides is 2. The van der Waals surface area contributed by atoms with Crippen molar-refractivity contribution in [1.82, 2.24) is 14.8 Å². The molecule has 0 aliphatic carbocycles. The first-order chi connectivity index (χ1) is 10.3. The molecule has 1 saturated heterocycles. The van der Waals surface area contributed by atoms with Crippen LogP contribution in [0, 0.1) is 6.92 Å². The third-order valence-electron chi connectivity index (χ3n) is 3.50. The highest BCUT2D eigenvalue weighted by Crippen LogP contribution is 2.23. The fourth-order valence-electron chi connectivity index (χ4n) is 2.34.